The van der Waals surface area contributed by atoms with E-state index in [0.29, 0.717) is 58.7 Å². The van der Waals surface area contributed by atoms with Gasteiger partial charge in [0.2, 0.25) is 5.79 Å². The summed E-state index contributed by atoms with van der Waals surface area (Å²) in [6, 6.07) is 9.49. The van der Waals surface area contributed by atoms with Gasteiger partial charge in [-0.25, -0.2) is 19.7 Å². The number of benzene rings is 1. The molecule has 0 saturated carbocycles. The van der Waals surface area contributed by atoms with Crippen molar-refractivity contribution < 1.29 is 19.4 Å². The Bertz CT molecular complexity index is 1420. The fraction of sp³-hybridized carbons (Fsp3) is 0.292. The molecule has 1 amide bonds. The van der Waals surface area contributed by atoms with Crippen molar-refractivity contribution in [2.24, 2.45) is 5.73 Å². The lowest BCUT2D eigenvalue weighted by molar-refractivity contribution is -0.171. The van der Waals surface area contributed by atoms with Gasteiger partial charge in [0, 0.05) is 44.2 Å². The van der Waals surface area contributed by atoms with E-state index in [1.165, 1.54) is 0 Å². The lowest BCUT2D eigenvalue weighted by Crippen LogP contribution is -2.48. The number of nitrogens with one attached hydrogen (secondary N) is 2. The number of H-pyrrole nitrogens is 1. The number of aromatic nitrogens is 5. The number of methoxy groups -OCH3 is 1. The lowest BCUT2D eigenvalue weighted by Gasteiger charge is -2.37. The molecule has 5 N–H and O–H groups in total. The summed E-state index contributed by atoms with van der Waals surface area (Å²) in [5.41, 5.74) is 8.36. The van der Waals surface area contributed by atoms with Crippen LogP contribution in [0.25, 0.3) is 22.4 Å². The second-order valence-electron chi connectivity index (χ2n) is 8.57. The number of hydrogen-bond acceptors (Lipinski definition) is 10. The summed E-state index contributed by atoms with van der Waals surface area (Å²) in [6.07, 6.45) is 2.68. The summed E-state index contributed by atoms with van der Waals surface area (Å²) in [5.74, 6) is 0.342. The number of ether oxygens (including phenoxy) is 2. The summed E-state index contributed by atoms with van der Waals surface area (Å²) >= 11 is 6.71. The molecule has 1 aromatic carbocycles. The molecule has 5 rings (SSSR count). The standard InChI is InChI=1S/C24H25ClN8O4/c1-36-15-4-2-14(3-5-15)12-29-21-18(25)16(6-9-27-21)19-20-22(32-31-19)30-17(13-28-20)33-10-7-24(35,8-11-33)37-23(26)34/h2-6,9,13,35H,7-8,10-12H2,1H3,(H2,26,34)(H,27,29)(H,30,31,32). The number of anilines is 2. The Morgan fingerprint density at radius 2 is 2.00 bits per heavy atom. The number of pyridine rings is 1. The minimum Gasteiger partial charge on any atom is -0.497 e. The number of carbonyl (C=O) groups is 1. The Morgan fingerprint density at radius 1 is 1.24 bits per heavy atom. The maximum atomic E-state index is 11.0. The lowest BCUT2D eigenvalue weighted by atomic mass is 10.0. The van der Waals surface area contributed by atoms with Crippen LogP contribution >= 0.6 is 11.6 Å². The van der Waals surface area contributed by atoms with Crippen LogP contribution in [0.2, 0.25) is 5.02 Å². The number of fused-ring (bicyclic) bond motifs is 1. The van der Waals surface area contributed by atoms with Crippen LogP contribution in [0.1, 0.15) is 18.4 Å². The molecule has 0 atom stereocenters. The highest BCUT2D eigenvalue weighted by atomic mass is 35.5. The van der Waals surface area contributed by atoms with Crippen molar-refractivity contribution in [3.05, 3.63) is 53.3 Å². The van der Waals surface area contributed by atoms with Crippen LogP contribution in [0.15, 0.2) is 42.7 Å². The normalized spacial score (nSPS) is 14.9. The number of halogens is 1. The second-order valence-corrected chi connectivity index (χ2v) is 8.95. The number of carbonyl (C=O) groups excluding carboxylic acids is 1. The van der Waals surface area contributed by atoms with Crippen LogP contribution in [0.5, 0.6) is 5.75 Å². The van der Waals surface area contributed by atoms with E-state index in [-0.39, 0.29) is 12.8 Å². The van der Waals surface area contributed by atoms with Crippen LogP contribution in [0, 0.1) is 0 Å². The van der Waals surface area contributed by atoms with Gasteiger partial charge in [0.05, 0.1) is 18.3 Å². The molecule has 3 aromatic heterocycles. The Morgan fingerprint density at radius 3 is 2.70 bits per heavy atom. The van der Waals surface area contributed by atoms with Crippen molar-refractivity contribution in [2.75, 3.05) is 30.4 Å². The molecule has 0 unspecified atom stereocenters. The molecule has 37 heavy (non-hydrogen) atoms. The van der Waals surface area contributed by atoms with Crippen molar-refractivity contribution in [1.29, 1.82) is 0 Å². The number of rotatable bonds is 7. The third-order valence-electron chi connectivity index (χ3n) is 6.18. The number of nitrogens with two attached hydrogens (primary N) is 1. The first-order chi connectivity index (χ1) is 17.8. The van der Waals surface area contributed by atoms with Crippen molar-refractivity contribution in [3.8, 4) is 17.0 Å². The maximum Gasteiger partial charge on any atom is 0.407 e. The molecule has 12 nitrogen and oxygen atoms in total. The summed E-state index contributed by atoms with van der Waals surface area (Å²) in [4.78, 5) is 26.6. The molecule has 4 heterocycles. The van der Waals surface area contributed by atoms with Crippen molar-refractivity contribution in [1.82, 2.24) is 25.1 Å². The molecule has 1 saturated heterocycles. The van der Waals surface area contributed by atoms with Gasteiger partial charge in [0.1, 0.15) is 28.6 Å². The quantitative estimate of drug-likeness (QED) is 0.264. The van der Waals surface area contributed by atoms with E-state index in [4.69, 9.17) is 26.8 Å². The predicted octanol–water partition coefficient (Wildman–Crippen LogP) is 3.07. The molecule has 1 aliphatic rings. The molecule has 4 aromatic rings. The van der Waals surface area contributed by atoms with Crippen LogP contribution in [-0.2, 0) is 11.3 Å². The van der Waals surface area contributed by atoms with Gasteiger partial charge in [-0.05, 0) is 23.8 Å². The van der Waals surface area contributed by atoms with Gasteiger partial charge in [-0.1, -0.05) is 23.7 Å². The largest absolute Gasteiger partial charge is 0.497 e. The number of hydrogen-bond donors (Lipinski definition) is 4. The average Bonchev–Trinajstić information content (AvgIpc) is 3.31. The molecule has 0 spiro atoms. The zero-order valence-corrected chi connectivity index (χ0v) is 20.7. The van der Waals surface area contributed by atoms with Gasteiger partial charge in [-0.3, -0.25) is 5.10 Å². The van der Waals surface area contributed by atoms with E-state index in [9.17, 15) is 9.90 Å². The number of primary amides is 1. The highest BCUT2D eigenvalue weighted by Crippen LogP contribution is 2.35. The average molecular weight is 525 g/mol. The highest BCUT2D eigenvalue weighted by Gasteiger charge is 2.36. The Kier molecular flexibility index (Phi) is 6.68. The predicted molar refractivity (Wildman–Crippen MR) is 137 cm³/mol. The molecule has 1 aliphatic heterocycles. The van der Waals surface area contributed by atoms with Gasteiger partial charge in [-0.15, -0.1) is 0 Å². The number of amides is 1. The fourth-order valence-corrected chi connectivity index (χ4v) is 4.45. The topological polar surface area (TPSA) is 164 Å². The first-order valence-electron chi connectivity index (χ1n) is 11.5. The Hall–Kier alpha value is -4.16. The molecule has 0 radical (unpaired) electrons. The molecule has 0 bridgehead atoms. The van der Waals surface area contributed by atoms with Gasteiger partial charge in [0.15, 0.2) is 5.65 Å². The van der Waals surface area contributed by atoms with Crippen LogP contribution in [0.3, 0.4) is 0 Å². The minimum atomic E-state index is -1.57. The second kappa shape index (κ2) is 10.1. The maximum absolute atomic E-state index is 11.0. The van der Waals surface area contributed by atoms with E-state index in [0.717, 1.165) is 11.3 Å². The zero-order chi connectivity index (χ0) is 26.0. The van der Waals surface area contributed by atoms with E-state index >= 15 is 0 Å². The molecule has 192 valence electrons. The number of piperidine rings is 1. The first kappa shape index (κ1) is 24.5. The van der Waals surface area contributed by atoms with Crippen molar-refractivity contribution in [3.63, 3.8) is 0 Å². The number of aromatic amines is 1. The first-order valence-corrected chi connectivity index (χ1v) is 11.9. The molecule has 0 aliphatic carbocycles. The fourth-order valence-electron chi connectivity index (χ4n) is 4.19. The van der Waals surface area contributed by atoms with Crippen LogP contribution in [0.4, 0.5) is 16.4 Å². The summed E-state index contributed by atoms with van der Waals surface area (Å²) in [7, 11) is 1.63. The molecular weight excluding hydrogens is 500 g/mol. The van der Waals surface area contributed by atoms with E-state index in [1.54, 1.807) is 25.6 Å². The molecule has 1 fully saturated rings. The molecular formula is C24H25ClN8O4. The van der Waals surface area contributed by atoms with Crippen molar-refractivity contribution in [2.45, 2.75) is 25.2 Å². The molecule has 13 heteroatoms. The monoisotopic (exact) mass is 524 g/mol. The summed E-state index contributed by atoms with van der Waals surface area (Å²) in [6.45, 7) is 1.34. The Labute approximate surface area is 216 Å². The third kappa shape index (κ3) is 5.20. The Balaban J connectivity index is 1.33. The SMILES string of the molecule is COc1ccc(CNc2nccc(-c3n[nH]c4nc(N5CCC(O)(OC(N)=O)CC5)cnc34)c2Cl)cc1. The number of aliphatic hydroxyl groups is 1. The minimum absolute atomic E-state index is 0.197. The highest BCUT2D eigenvalue weighted by molar-refractivity contribution is 6.35. The van der Waals surface area contributed by atoms with E-state index in [2.05, 4.69) is 30.5 Å². The summed E-state index contributed by atoms with van der Waals surface area (Å²) < 4.78 is 10.0. The smallest absolute Gasteiger partial charge is 0.407 e. The van der Waals surface area contributed by atoms with Crippen LogP contribution < -0.4 is 20.7 Å². The van der Waals surface area contributed by atoms with Gasteiger partial charge >= 0.3 is 6.09 Å². The summed E-state index contributed by atoms with van der Waals surface area (Å²) in [5, 5.41) is 21.4. The third-order valence-corrected chi connectivity index (χ3v) is 6.56. The van der Waals surface area contributed by atoms with Gasteiger partial charge in [0.25, 0.3) is 0 Å². The van der Waals surface area contributed by atoms with E-state index in [1.807, 2.05) is 29.2 Å². The van der Waals surface area contributed by atoms with E-state index < -0.39 is 11.9 Å². The van der Waals surface area contributed by atoms with Gasteiger partial charge < -0.3 is 30.5 Å². The zero-order valence-electron chi connectivity index (χ0n) is 19.9. The van der Waals surface area contributed by atoms with Crippen molar-refractivity contribution >= 4 is 40.5 Å². The van der Waals surface area contributed by atoms with Crippen LogP contribution in [-0.4, -0.2) is 62.3 Å². The number of nitrogens with zero attached hydrogens (tertiary/aromatic N) is 5. The van der Waals surface area contributed by atoms with Gasteiger partial charge in [-0.2, -0.15) is 5.10 Å².